The quantitative estimate of drug-likeness (QED) is 0.540. The van der Waals surface area contributed by atoms with Crippen LogP contribution in [0.4, 0.5) is 11.4 Å². The average molecular weight is 499 g/mol. The first-order chi connectivity index (χ1) is 17.3. The topological polar surface area (TPSA) is 82.1 Å². The highest BCUT2D eigenvalue weighted by molar-refractivity contribution is 6.30. The van der Waals surface area contributed by atoms with Crippen LogP contribution in [0.5, 0.6) is 0 Å². The van der Waals surface area contributed by atoms with Crippen LogP contribution in [0.2, 0.25) is 5.02 Å². The number of nitrogens with one attached hydrogen (secondary N) is 1. The van der Waals surface area contributed by atoms with Crippen molar-refractivity contribution < 1.29 is 14.4 Å². The van der Waals surface area contributed by atoms with Gasteiger partial charge in [0.15, 0.2) is 0 Å². The van der Waals surface area contributed by atoms with E-state index in [2.05, 4.69) is 10.4 Å². The number of hydrogen-bond acceptors (Lipinski definition) is 5. The van der Waals surface area contributed by atoms with Crippen LogP contribution in [0.1, 0.15) is 28.3 Å². The van der Waals surface area contributed by atoms with Gasteiger partial charge in [0, 0.05) is 10.7 Å². The molecule has 2 saturated heterocycles. The summed E-state index contributed by atoms with van der Waals surface area (Å²) in [6.45, 7) is 3.85. The van der Waals surface area contributed by atoms with Crippen molar-refractivity contribution in [2.75, 3.05) is 10.2 Å². The Hall–Kier alpha value is -3.97. The number of hydrogen-bond donors (Lipinski definition) is 1. The number of benzene rings is 3. The van der Waals surface area contributed by atoms with Gasteiger partial charge in [-0.25, -0.2) is 4.90 Å². The SMILES string of the molecule is Cc1ccc(N2C(=O)[C@@H]3[C@H](C2=O)[C@H]2c4ccccc4C=NN2[C@H]3C(=O)Nc2ccc(Cl)cc2)c(C)c1. The Labute approximate surface area is 213 Å². The molecule has 3 aromatic carbocycles. The van der Waals surface area contributed by atoms with Gasteiger partial charge in [0.1, 0.15) is 6.04 Å². The summed E-state index contributed by atoms with van der Waals surface area (Å²) in [7, 11) is 0. The lowest BCUT2D eigenvalue weighted by atomic mass is 9.85. The second-order valence-electron chi connectivity index (χ2n) is 9.49. The number of hydrazone groups is 1. The van der Waals surface area contributed by atoms with Crippen LogP contribution in [0.15, 0.2) is 71.8 Å². The first-order valence-corrected chi connectivity index (χ1v) is 12.2. The highest BCUT2D eigenvalue weighted by Gasteiger charge is 2.65. The van der Waals surface area contributed by atoms with Gasteiger partial charge in [-0.05, 0) is 60.9 Å². The number of halogens is 1. The standard InChI is InChI=1S/C28H23ClN4O3/c1-15-7-12-21(16(2)13-15)32-27(35)22-23(28(32)36)25(26(34)31-19-10-8-18(29)9-11-19)33-24(22)20-6-4-3-5-17(20)14-30-33/h3-14,22-25H,1-2H3,(H,31,34)/t22-,23+,24+,25+/m0/s1. The number of amides is 3. The third-order valence-electron chi connectivity index (χ3n) is 7.27. The summed E-state index contributed by atoms with van der Waals surface area (Å²) in [5.74, 6) is -2.69. The van der Waals surface area contributed by atoms with E-state index in [9.17, 15) is 14.4 Å². The molecule has 3 amide bonds. The molecule has 0 aliphatic carbocycles. The molecule has 0 aromatic heterocycles. The molecule has 0 unspecified atom stereocenters. The van der Waals surface area contributed by atoms with Gasteiger partial charge in [-0.15, -0.1) is 0 Å². The Balaban J connectivity index is 1.45. The molecule has 0 bridgehead atoms. The van der Waals surface area contributed by atoms with Gasteiger partial charge in [-0.3, -0.25) is 19.4 Å². The van der Waals surface area contributed by atoms with Crippen LogP contribution in [-0.2, 0) is 14.4 Å². The van der Waals surface area contributed by atoms with E-state index in [1.165, 1.54) is 4.90 Å². The van der Waals surface area contributed by atoms with Crippen LogP contribution in [-0.4, -0.2) is 35.0 Å². The van der Waals surface area contributed by atoms with Crippen molar-refractivity contribution in [1.82, 2.24) is 5.01 Å². The molecular formula is C28H23ClN4O3. The lowest BCUT2D eigenvalue weighted by Gasteiger charge is -2.33. The van der Waals surface area contributed by atoms with E-state index in [0.717, 1.165) is 22.3 Å². The molecule has 4 atom stereocenters. The summed E-state index contributed by atoms with van der Waals surface area (Å²) in [6, 6.07) is 18.6. The van der Waals surface area contributed by atoms with E-state index >= 15 is 0 Å². The zero-order valence-corrected chi connectivity index (χ0v) is 20.4. The molecule has 8 heteroatoms. The molecule has 36 heavy (non-hydrogen) atoms. The second kappa shape index (κ2) is 8.31. The lowest BCUT2D eigenvalue weighted by Crippen LogP contribution is -2.46. The lowest BCUT2D eigenvalue weighted by molar-refractivity contribution is -0.129. The minimum Gasteiger partial charge on any atom is -0.324 e. The second-order valence-corrected chi connectivity index (χ2v) is 9.93. The summed E-state index contributed by atoms with van der Waals surface area (Å²) >= 11 is 5.99. The fourth-order valence-corrected chi connectivity index (χ4v) is 5.84. The summed E-state index contributed by atoms with van der Waals surface area (Å²) in [4.78, 5) is 42.8. The smallest absolute Gasteiger partial charge is 0.249 e. The molecule has 2 fully saturated rings. The van der Waals surface area contributed by atoms with Gasteiger partial charge in [-0.1, -0.05) is 53.6 Å². The molecule has 0 spiro atoms. The van der Waals surface area contributed by atoms with Gasteiger partial charge in [0.25, 0.3) is 0 Å². The summed E-state index contributed by atoms with van der Waals surface area (Å²) in [5.41, 5.74) is 4.74. The molecule has 0 saturated carbocycles. The van der Waals surface area contributed by atoms with Crippen molar-refractivity contribution in [2.45, 2.75) is 25.9 Å². The molecular weight excluding hydrogens is 476 g/mol. The van der Waals surface area contributed by atoms with E-state index in [1.807, 2.05) is 50.2 Å². The van der Waals surface area contributed by atoms with Gasteiger partial charge in [0.05, 0.1) is 29.8 Å². The predicted molar refractivity (Wildman–Crippen MR) is 138 cm³/mol. The van der Waals surface area contributed by atoms with E-state index in [1.54, 1.807) is 41.6 Å². The van der Waals surface area contributed by atoms with Crippen molar-refractivity contribution in [2.24, 2.45) is 16.9 Å². The van der Waals surface area contributed by atoms with E-state index in [-0.39, 0.29) is 11.8 Å². The first-order valence-electron chi connectivity index (χ1n) is 11.8. The van der Waals surface area contributed by atoms with Gasteiger partial charge >= 0.3 is 0 Å². The number of fused-ring (bicyclic) bond motifs is 5. The normalized spacial score (nSPS) is 24.0. The number of aryl methyl sites for hydroxylation is 2. The van der Waals surface area contributed by atoms with Gasteiger partial charge in [0.2, 0.25) is 17.7 Å². The van der Waals surface area contributed by atoms with Crippen LogP contribution < -0.4 is 10.2 Å². The first kappa shape index (κ1) is 22.5. The van der Waals surface area contributed by atoms with Crippen LogP contribution in [0, 0.1) is 25.7 Å². The zero-order chi connectivity index (χ0) is 25.1. The highest BCUT2D eigenvalue weighted by atomic mass is 35.5. The van der Waals surface area contributed by atoms with E-state index in [0.29, 0.717) is 16.4 Å². The molecule has 3 aliphatic heterocycles. The molecule has 0 radical (unpaired) electrons. The van der Waals surface area contributed by atoms with Crippen molar-refractivity contribution in [3.63, 3.8) is 0 Å². The maximum atomic E-state index is 13.9. The van der Waals surface area contributed by atoms with Crippen molar-refractivity contribution >= 4 is 46.9 Å². The Morgan fingerprint density at radius 1 is 0.944 bits per heavy atom. The van der Waals surface area contributed by atoms with Crippen LogP contribution in [0.3, 0.4) is 0 Å². The highest BCUT2D eigenvalue weighted by Crippen LogP contribution is 2.53. The Morgan fingerprint density at radius 3 is 2.42 bits per heavy atom. The largest absolute Gasteiger partial charge is 0.324 e. The van der Waals surface area contributed by atoms with Crippen molar-refractivity contribution in [3.05, 3.63) is 94.0 Å². The Bertz CT molecular complexity index is 1450. The maximum Gasteiger partial charge on any atom is 0.249 e. The Morgan fingerprint density at radius 2 is 1.67 bits per heavy atom. The van der Waals surface area contributed by atoms with Crippen LogP contribution in [0.25, 0.3) is 0 Å². The third kappa shape index (κ3) is 3.34. The van der Waals surface area contributed by atoms with Gasteiger partial charge in [-0.2, -0.15) is 5.10 Å². The molecule has 1 N–H and O–H groups in total. The molecule has 3 heterocycles. The minimum atomic E-state index is -0.951. The number of rotatable bonds is 3. The number of carbonyl (C=O) groups is 3. The van der Waals surface area contributed by atoms with E-state index in [4.69, 9.17) is 11.6 Å². The summed E-state index contributed by atoms with van der Waals surface area (Å²) in [5, 5.41) is 9.65. The number of imide groups is 1. The minimum absolute atomic E-state index is 0.305. The zero-order valence-electron chi connectivity index (χ0n) is 19.7. The number of anilines is 2. The number of nitrogens with zero attached hydrogens (tertiary/aromatic N) is 3. The molecule has 7 nitrogen and oxygen atoms in total. The average Bonchev–Trinajstić information content (AvgIpc) is 3.34. The van der Waals surface area contributed by atoms with Crippen LogP contribution >= 0.6 is 11.6 Å². The molecule has 3 aliphatic rings. The predicted octanol–water partition coefficient (Wildman–Crippen LogP) is 4.47. The summed E-state index contributed by atoms with van der Waals surface area (Å²) in [6.07, 6.45) is 1.69. The van der Waals surface area contributed by atoms with E-state index < -0.39 is 29.8 Å². The monoisotopic (exact) mass is 498 g/mol. The molecule has 3 aromatic rings. The fourth-order valence-electron chi connectivity index (χ4n) is 5.71. The van der Waals surface area contributed by atoms with Crippen molar-refractivity contribution in [3.8, 4) is 0 Å². The van der Waals surface area contributed by atoms with Crippen molar-refractivity contribution in [1.29, 1.82) is 0 Å². The van der Waals surface area contributed by atoms with Gasteiger partial charge < -0.3 is 5.32 Å². The molecule has 6 rings (SSSR count). The Kier molecular flexibility index (Phi) is 5.19. The fraction of sp³-hybridized carbons (Fsp3) is 0.214. The summed E-state index contributed by atoms with van der Waals surface area (Å²) < 4.78 is 0. The maximum absolute atomic E-state index is 13.9. The third-order valence-corrected chi connectivity index (χ3v) is 7.52. The molecule has 180 valence electrons. The number of carbonyl (C=O) groups excluding carboxylic acids is 3.